The van der Waals surface area contributed by atoms with Gasteiger partial charge in [-0.3, -0.25) is 9.35 Å². The molecule has 2 heterocycles. The van der Waals surface area contributed by atoms with Crippen molar-refractivity contribution in [3.05, 3.63) is 82.6 Å². The number of carboxylic acids is 1. The minimum atomic E-state index is -4.40. The van der Waals surface area contributed by atoms with Gasteiger partial charge in [-0.1, -0.05) is 53.2 Å². The van der Waals surface area contributed by atoms with E-state index in [1.165, 1.54) is 6.07 Å². The number of carbonyl (C=O) groups is 1. The number of methoxy groups -OCH3 is 2. The van der Waals surface area contributed by atoms with Crippen molar-refractivity contribution in [2.45, 2.75) is 76.0 Å². The molecule has 0 fully saturated rings. The Kier molecular flexibility index (Phi) is 15.8. The van der Waals surface area contributed by atoms with E-state index in [2.05, 4.69) is 66.7 Å². The third-order valence-electron chi connectivity index (χ3n) is 9.73. The molecule has 12 nitrogen and oxygen atoms in total. The normalized spacial score (nSPS) is 15.1. The fourth-order valence-electron chi connectivity index (χ4n) is 6.63. The summed E-state index contributed by atoms with van der Waals surface area (Å²) >= 11 is 0. The summed E-state index contributed by atoms with van der Waals surface area (Å²) in [6.07, 6.45) is 8.32. The number of fused-ring (bicyclic) bond motifs is 2. The largest absolute Gasteiger partial charge is 0.481 e. The number of rotatable bonds is 21. The van der Waals surface area contributed by atoms with Crippen LogP contribution < -0.4 is 14.8 Å². The predicted molar refractivity (Wildman–Crippen MR) is 214 cm³/mol. The average Bonchev–Trinajstić information content (AvgIpc) is 3.33. The number of allylic oxidation sites excluding steroid dienone is 3. The van der Waals surface area contributed by atoms with Crippen LogP contribution in [0, 0.1) is 0 Å². The molecule has 0 amide bonds. The van der Waals surface area contributed by atoms with Crippen LogP contribution in [0.5, 0.6) is 0 Å². The maximum Gasteiger partial charge on any atom is 0.303 e. The van der Waals surface area contributed by atoms with E-state index in [9.17, 15) is 17.8 Å². The zero-order chi connectivity index (χ0) is 40.2. The smallest absolute Gasteiger partial charge is 0.303 e. The lowest BCUT2D eigenvalue weighted by molar-refractivity contribution is -0.137. The number of aliphatic carboxylic acids is 1. The zero-order valence-electron chi connectivity index (χ0n) is 33.4. The van der Waals surface area contributed by atoms with Crippen LogP contribution in [0.4, 0.5) is 5.69 Å². The lowest BCUT2D eigenvalue weighted by Crippen LogP contribution is -2.36. The number of nitrogens with zero attached hydrogens (tertiary/aromatic N) is 2. The molecule has 1 aromatic carbocycles. The van der Waals surface area contributed by atoms with Crippen molar-refractivity contribution < 1.29 is 46.2 Å². The first-order chi connectivity index (χ1) is 26.1. The van der Waals surface area contributed by atoms with Gasteiger partial charge in [0.05, 0.1) is 37.4 Å². The van der Waals surface area contributed by atoms with Gasteiger partial charge in [-0.25, -0.2) is 4.58 Å². The number of carboxylic acid groups (broad SMARTS) is 1. The average molecular weight is 784 g/mol. The van der Waals surface area contributed by atoms with Gasteiger partial charge in [-0.2, -0.15) is 8.42 Å². The Balaban J connectivity index is 1.75. The van der Waals surface area contributed by atoms with E-state index in [0.29, 0.717) is 65.7 Å². The number of hydrogen-bond acceptors (Lipinski definition) is 9. The van der Waals surface area contributed by atoms with E-state index in [4.69, 9.17) is 28.5 Å². The highest BCUT2D eigenvalue weighted by atomic mass is 32.2. The van der Waals surface area contributed by atoms with Crippen molar-refractivity contribution in [3.8, 4) is 11.3 Å². The molecule has 13 heteroatoms. The molecule has 0 saturated heterocycles. The minimum Gasteiger partial charge on any atom is -0.481 e. The van der Waals surface area contributed by atoms with E-state index in [1.54, 1.807) is 26.4 Å². The van der Waals surface area contributed by atoms with Crippen LogP contribution in [0.25, 0.3) is 17.4 Å². The Labute approximate surface area is 326 Å². The molecule has 302 valence electrons. The maximum absolute atomic E-state index is 12.1. The Morgan fingerprint density at radius 3 is 2.18 bits per heavy atom. The van der Waals surface area contributed by atoms with Gasteiger partial charge in [0.25, 0.3) is 10.1 Å². The first kappa shape index (κ1) is 43.9. The first-order valence-electron chi connectivity index (χ1n) is 18.9. The molecule has 0 bridgehead atoms. The summed E-state index contributed by atoms with van der Waals surface area (Å²) in [7, 11) is -1.09. The maximum atomic E-state index is 12.1. The van der Waals surface area contributed by atoms with Crippen LogP contribution in [0.15, 0.2) is 69.6 Å². The molecule has 1 aliphatic carbocycles. The van der Waals surface area contributed by atoms with Gasteiger partial charge in [0, 0.05) is 61.0 Å². The highest BCUT2D eigenvalue weighted by Gasteiger charge is 2.40. The summed E-state index contributed by atoms with van der Waals surface area (Å²) in [5.74, 6) is 0.764. The molecule has 55 heavy (non-hydrogen) atoms. The van der Waals surface area contributed by atoms with E-state index in [-0.39, 0.29) is 16.7 Å². The summed E-state index contributed by atoms with van der Waals surface area (Å²) in [6, 6.07) is 13.0. The third kappa shape index (κ3) is 12.1. The SMILES string of the molecule is COCCOCC[N+](CCOCCOC)=c1ccc2c(/C=C/C=C3/N(CCCCCC(=O)O)c4ccc(S(=O)(=O)O)cc4C3(C)C)cc(C(C)(C)C)oc-2c1. The Bertz CT molecular complexity index is 1940. The summed E-state index contributed by atoms with van der Waals surface area (Å²) in [5.41, 5.74) is 3.67. The summed E-state index contributed by atoms with van der Waals surface area (Å²) in [5, 5.41) is 10.1. The van der Waals surface area contributed by atoms with Gasteiger partial charge < -0.3 is 33.4 Å². The van der Waals surface area contributed by atoms with Crippen molar-refractivity contribution >= 4 is 27.9 Å². The zero-order valence-corrected chi connectivity index (χ0v) is 34.2. The first-order valence-corrected chi connectivity index (χ1v) is 20.3. The molecule has 0 aromatic heterocycles. The fraction of sp³-hybridized carbons (Fsp3) is 0.524. The van der Waals surface area contributed by atoms with Crippen molar-refractivity contribution in [1.29, 1.82) is 0 Å². The van der Waals surface area contributed by atoms with Crippen LogP contribution in [-0.2, 0) is 44.7 Å². The number of hydrogen-bond donors (Lipinski definition) is 2. The summed E-state index contributed by atoms with van der Waals surface area (Å²) in [4.78, 5) is 13.1. The number of unbranched alkanes of at least 4 members (excludes halogenated alkanes) is 2. The molecular weight excluding hydrogens is 725 g/mol. The van der Waals surface area contributed by atoms with E-state index in [1.807, 2.05) is 19.9 Å². The topological polar surface area (TPSA) is 148 Å². The van der Waals surface area contributed by atoms with Crippen molar-refractivity contribution in [2.24, 2.45) is 0 Å². The molecule has 1 aromatic rings. The molecule has 0 radical (unpaired) electrons. The quantitative estimate of drug-likeness (QED) is 0.0706. The van der Waals surface area contributed by atoms with Crippen LogP contribution in [0.3, 0.4) is 0 Å². The second-order valence-corrected chi connectivity index (χ2v) is 16.7. The van der Waals surface area contributed by atoms with Crippen LogP contribution in [-0.4, -0.2) is 97.5 Å². The highest BCUT2D eigenvalue weighted by Crippen LogP contribution is 2.48. The van der Waals surface area contributed by atoms with Gasteiger partial charge in [0.1, 0.15) is 24.7 Å². The second kappa shape index (κ2) is 19.8. The molecule has 0 saturated carbocycles. The molecule has 0 unspecified atom stereocenters. The Morgan fingerprint density at radius 2 is 1.58 bits per heavy atom. The molecule has 4 rings (SSSR count). The molecule has 2 aliphatic heterocycles. The van der Waals surface area contributed by atoms with Gasteiger partial charge in [-0.05, 0) is 60.4 Å². The van der Waals surface area contributed by atoms with Gasteiger partial charge in [0.2, 0.25) is 5.36 Å². The van der Waals surface area contributed by atoms with Gasteiger partial charge >= 0.3 is 5.97 Å². The monoisotopic (exact) mass is 783 g/mol. The fourth-order valence-corrected chi connectivity index (χ4v) is 7.14. The van der Waals surface area contributed by atoms with Crippen LogP contribution >= 0.6 is 0 Å². The van der Waals surface area contributed by atoms with Crippen molar-refractivity contribution in [3.63, 3.8) is 0 Å². The highest BCUT2D eigenvalue weighted by molar-refractivity contribution is 7.85. The van der Waals surface area contributed by atoms with Gasteiger partial charge in [-0.15, -0.1) is 0 Å². The number of benzene rings is 2. The molecule has 2 N–H and O–H groups in total. The Hall–Kier alpha value is -3.85. The van der Waals surface area contributed by atoms with E-state index >= 15 is 0 Å². The Morgan fingerprint density at radius 1 is 0.909 bits per heavy atom. The third-order valence-corrected chi connectivity index (χ3v) is 10.6. The predicted octanol–water partition coefficient (Wildman–Crippen LogP) is 6.37. The number of ether oxygens (including phenoxy) is 4. The molecule has 3 aliphatic rings. The standard InChI is InChI=1S/C42H58N2O10S/c1-41(2,3)39-28-31(34-17-15-32(29-37(34)54-39)43(20-22-52-26-24-50-6)21-23-53-27-25-51-7)12-11-13-38-42(4,5)35-30-33(55(47,48)49)16-18-36(35)44(38)19-10-8-9-14-40(45)46/h11-13,15-18,28-30H,8-10,14,19-27H2,1-7H3,(H-,45,46,47,48,49)/p+1. The molecule has 0 spiro atoms. The lowest BCUT2D eigenvalue weighted by atomic mass is 9.83. The van der Waals surface area contributed by atoms with E-state index < -0.39 is 21.5 Å². The van der Waals surface area contributed by atoms with Crippen LogP contribution in [0.1, 0.15) is 77.2 Å². The van der Waals surface area contributed by atoms with Gasteiger partial charge in [0.15, 0.2) is 13.1 Å². The summed E-state index contributed by atoms with van der Waals surface area (Å²) in [6.45, 7) is 15.5. The van der Waals surface area contributed by atoms with Crippen molar-refractivity contribution in [2.75, 3.05) is 78.4 Å². The molecular formula is C42H59N2O10S+. The molecule has 0 atom stereocenters. The van der Waals surface area contributed by atoms with E-state index in [0.717, 1.165) is 57.8 Å². The van der Waals surface area contributed by atoms with Crippen LogP contribution in [0.2, 0.25) is 0 Å². The summed E-state index contributed by atoms with van der Waals surface area (Å²) < 4.78 is 64.7. The minimum absolute atomic E-state index is 0.116. The second-order valence-electron chi connectivity index (χ2n) is 15.2. The van der Waals surface area contributed by atoms with Crippen molar-refractivity contribution in [1.82, 2.24) is 4.58 Å². The number of anilines is 1. The lowest BCUT2D eigenvalue weighted by Gasteiger charge is -2.27.